The van der Waals surface area contributed by atoms with E-state index in [0.29, 0.717) is 30.2 Å². The van der Waals surface area contributed by atoms with E-state index in [-0.39, 0.29) is 35.7 Å². The number of carbonyl (C=O) groups excluding carboxylic acids is 1. The summed E-state index contributed by atoms with van der Waals surface area (Å²) in [4.78, 5) is 27.0. The highest BCUT2D eigenvalue weighted by Crippen LogP contribution is 2.17. The zero-order valence-electron chi connectivity index (χ0n) is 19.1. The number of anilines is 1. The van der Waals surface area contributed by atoms with Gasteiger partial charge in [-0.25, -0.2) is 18.4 Å². The summed E-state index contributed by atoms with van der Waals surface area (Å²) in [5, 5.41) is 7.43. The van der Waals surface area contributed by atoms with Crippen molar-refractivity contribution in [3.8, 4) is 0 Å². The van der Waals surface area contributed by atoms with Gasteiger partial charge in [0.2, 0.25) is 10.0 Å². The number of nitrogens with zero attached hydrogens (tertiary/aromatic N) is 4. The third-order valence-electron chi connectivity index (χ3n) is 4.92. The van der Waals surface area contributed by atoms with Crippen LogP contribution in [0.3, 0.4) is 0 Å². The third kappa shape index (κ3) is 6.73. The van der Waals surface area contributed by atoms with Gasteiger partial charge in [0.1, 0.15) is 5.03 Å². The fraction of sp³-hybridized carbons (Fsp3) is 0.429. The molecule has 11 nitrogen and oxygen atoms in total. The van der Waals surface area contributed by atoms with Gasteiger partial charge in [-0.15, -0.1) is 11.8 Å². The number of hydrogen-bond donors (Lipinski definition) is 1. The number of oxime groups is 1. The molecule has 34 heavy (non-hydrogen) atoms. The molecular formula is C21H27N5O6S2. The summed E-state index contributed by atoms with van der Waals surface area (Å²) in [5.41, 5.74) is 0.350. The fourth-order valence-electron chi connectivity index (χ4n) is 2.91. The number of hydrogen-bond acceptors (Lipinski definition) is 10. The van der Waals surface area contributed by atoms with Crippen LogP contribution < -0.4 is 5.32 Å². The highest BCUT2D eigenvalue weighted by atomic mass is 32.2. The summed E-state index contributed by atoms with van der Waals surface area (Å²) in [5.74, 6) is -0.323. The van der Waals surface area contributed by atoms with Gasteiger partial charge in [0.05, 0.1) is 37.1 Å². The highest BCUT2D eigenvalue weighted by molar-refractivity contribution is 7.98. The predicted octanol–water partition coefficient (Wildman–Crippen LogP) is 1.61. The number of rotatable bonds is 11. The highest BCUT2D eigenvalue weighted by Gasteiger charge is 2.23. The lowest BCUT2D eigenvalue weighted by molar-refractivity contribution is -0.110. The van der Waals surface area contributed by atoms with Crippen molar-refractivity contribution < 1.29 is 27.5 Å². The van der Waals surface area contributed by atoms with Gasteiger partial charge in [-0.2, -0.15) is 4.31 Å². The second kappa shape index (κ2) is 12.2. The number of thioether (sulfide) groups is 1. The number of aromatic nitrogens is 2. The van der Waals surface area contributed by atoms with Crippen LogP contribution in [0.1, 0.15) is 12.0 Å². The van der Waals surface area contributed by atoms with E-state index >= 15 is 0 Å². The smallest absolute Gasteiger partial charge is 0.279 e. The summed E-state index contributed by atoms with van der Waals surface area (Å²) >= 11 is 1.43. The average Bonchev–Trinajstić information content (AvgIpc) is 3.37. The van der Waals surface area contributed by atoms with E-state index in [0.717, 1.165) is 0 Å². The Morgan fingerprint density at radius 3 is 2.65 bits per heavy atom. The largest absolute Gasteiger partial charge is 0.389 e. The Morgan fingerprint density at radius 2 is 2.06 bits per heavy atom. The topological polar surface area (TPSA) is 132 Å². The van der Waals surface area contributed by atoms with Crippen molar-refractivity contribution in [2.75, 3.05) is 52.1 Å². The maximum atomic E-state index is 13.0. The van der Waals surface area contributed by atoms with Crippen LogP contribution in [0.15, 0.2) is 51.7 Å². The molecule has 1 N–H and O–H groups in total. The van der Waals surface area contributed by atoms with Gasteiger partial charge < -0.3 is 19.6 Å². The summed E-state index contributed by atoms with van der Waals surface area (Å²) < 4.78 is 36.9. The van der Waals surface area contributed by atoms with E-state index in [9.17, 15) is 13.2 Å². The normalized spacial score (nSPS) is 16.6. The summed E-state index contributed by atoms with van der Waals surface area (Å²) in [7, 11) is -0.730. The molecule has 0 aliphatic carbocycles. The Bertz CT molecular complexity index is 1090. The predicted molar refractivity (Wildman–Crippen MR) is 127 cm³/mol. The Kier molecular flexibility index (Phi) is 9.36. The van der Waals surface area contributed by atoms with Crippen molar-refractivity contribution in [2.45, 2.75) is 22.4 Å². The molecule has 0 saturated carbocycles. The molecule has 1 aromatic heterocycles. The lowest BCUT2D eigenvalue weighted by Crippen LogP contribution is -2.30. The Morgan fingerprint density at radius 1 is 1.29 bits per heavy atom. The molecule has 1 amide bonds. The zero-order chi connectivity index (χ0) is 24.6. The summed E-state index contributed by atoms with van der Waals surface area (Å²) in [6.07, 6.45) is 5.25. The molecule has 2 heterocycles. The number of carbonyl (C=O) groups is 1. The molecule has 184 valence electrons. The standard InChI is InChI=1S/C21H27N5O6S2/c1-26(9-11-30-2)34(28,29)17-6-4-15(5-7-17)20(25-32-16-8-10-31-14-16)21(27)24-18-12-23-19(33-3)13-22-18/h4-7,12-13,16H,8-11,14H2,1-3H3,(H,22,24,27)/t16-/m1/s1. The number of nitrogens with one attached hydrogen (secondary N) is 1. The van der Waals surface area contributed by atoms with Gasteiger partial charge in [-0.3, -0.25) is 4.79 Å². The van der Waals surface area contributed by atoms with E-state index in [1.165, 1.54) is 60.7 Å². The van der Waals surface area contributed by atoms with Crippen molar-refractivity contribution in [3.63, 3.8) is 0 Å². The van der Waals surface area contributed by atoms with E-state index < -0.39 is 15.9 Å². The minimum Gasteiger partial charge on any atom is -0.389 e. The van der Waals surface area contributed by atoms with Crippen LogP contribution >= 0.6 is 11.8 Å². The van der Waals surface area contributed by atoms with Crippen LogP contribution in [0.25, 0.3) is 0 Å². The lowest BCUT2D eigenvalue weighted by Gasteiger charge is -2.17. The van der Waals surface area contributed by atoms with Gasteiger partial charge in [0.15, 0.2) is 17.6 Å². The molecule has 1 aromatic carbocycles. The van der Waals surface area contributed by atoms with Crippen molar-refractivity contribution in [1.29, 1.82) is 0 Å². The molecule has 3 rings (SSSR count). The van der Waals surface area contributed by atoms with Crippen molar-refractivity contribution >= 4 is 39.2 Å². The Balaban J connectivity index is 1.83. The molecule has 0 bridgehead atoms. The van der Waals surface area contributed by atoms with Gasteiger partial charge in [-0.1, -0.05) is 17.3 Å². The lowest BCUT2D eigenvalue weighted by atomic mass is 10.1. The minimum absolute atomic E-state index is 0.0284. The van der Waals surface area contributed by atoms with E-state index in [1.807, 2.05) is 6.26 Å². The van der Waals surface area contributed by atoms with Crippen molar-refractivity contribution in [2.24, 2.45) is 5.16 Å². The SMILES string of the molecule is COCCN(C)S(=O)(=O)c1ccc(C(=NO[C@@H]2CCOC2)C(=O)Nc2cnc(SC)cn2)cc1. The van der Waals surface area contributed by atoms with Crippen LogP contribution in [0.2, 0.25) is 0 Å². The maximum absolute atomic E-state index is 13.0. The number of methoxy groups -OCH3 is 1. The first-order chi connectivity index (χ1) is 16.3. The number of likely N-dealkylation sites (N-methyl/N-ethyl adjacent to an activating group) is 1. The molecule has 1 atom stereocenters. The monoisotopic (exact) mass is 509 g/mol. The quantitative estimate of drug-likeness (QED) is 0.272. The van der Waals surface area contributed by atoms with Crippen LogP contribution in [0.4, 0.5) is 5.82 Å². The van der Waals surface area contributed by atoms with Gasteiger partial charge in [-0.05, 0) is 18.4 Å². The van der Waals surface area contributed by atoms with Crippen molar-refractivity contribution in [3.05, 3.63) is 42.2 Å². The number of amides is 1. The fourth-order valence-corrected chi connectivity index (χ4v) is 4.39. The first kappa shape index (κ1) is 26.0. The van der Waals surface area contributed by atoms with Crippen molar-refractivity contribution in [1.82, 2.24) is 14.3 Å². The molecule has 1 saturated heterocycles. The zero-order valence-corrected chi connectivity index (χ0v) is 20.8. The summed E-state index contributed by atoms with van der Waals surface area (Å²) in [6.45, 7) is 1.42. The van der Waals surface area contributed by atoms with Crippen LogP contribution in [0, 0.1) is 0 Å². The minimum atomic E-state index is -3.71. The maximum Gasteiger partial charge on any atom is 0.279 e. The molecule has 0 unspecified atom stereocenters. The van der Waals surface area contributed by atoms with Gasteiger partial charge in [0.25, 0.3) is 5.91 Å². The van der Waals surface area contributed by atoms with Crippen LogP contribution in [-0.2, 0) is 29.1 Å². The molecule has 13 heteroatoms. The van der Waals surface area contributed by atoms with Gasteiger partial charge >= 0.3 is 0 Å². The Labute approximate surface area is 202 Å². The number of benzene rings is 1. The second-order valence-electron chi connectivity index (χ2n) is 7.27. The van der Waals surface area contributed by atoms with Crippen LogP contribution in [0.5, 0.6) is 0 Å². The van der Waals surface area contributed by atoms with E-state index in [2.05, 4.69) is 20.4 Å². The van der Waals surface area contributed by atoms with Crippen LogP contribution in [-0.4, -0.2) is 87.2 Å². The third-order valence-corrected chi connectivity index (χ3v) is 7.42. The van der Waals surface area contributed by atoms with E-state index in [4.69, 9.17) is 14.3 Å². The first-order valence-corrected chi connectivity index (χ1v) is 13.1. The molecular weight excluding hydrogens is 482 g/mol. The van der Waals surface area contributed by atoms with Gasteiger partial charge in [0, 0.05) is 32.7 Å². The molecule has 1 aliphatic rings. The number of sulfonamides is 1. The molecule has 1 aliphatic heterocycles. The molecule has 1 fully saturated rings. The molecule has 2 aromatic rings. The summed E-state index contributed by atoms with van der Waals surface area (Å²) in [6, 6.07) is 5.85. The molecule has 0 radical (unpaired) electrons. The first-order valence-electron chi connectivity index (χ1n) is 10.4. The second-order valence-corrected chi connectivity index (χ2v) is 10.1. The van der Waals surface area contributed by atoms with E-state index in [1.54, 1.807) is 6.20 Å². The number of ether oxygens (including phenoxy) is 2. The molecule has 0 spiro atoms. The average molecular weight is 510 g/mol. The Hall–Kier alpha value is -2.58.